The molecule has 25 heavy (non-hydrogen) atoms. The maximum absolute atomic E-state index is 12.3. The summed E-state index contributed by atoms with van der Waals surface area (Å²) in [7, 11) is 1.67. The summed E-state index contributed by atoms with van der Waals surface area (Å²) in [5.41, 5.74) is 3.08. The highest BCUT2D eigenvalue weighted by atomic mass is 127. The Kier molecular flexibility index (Phi) is 7.55. The zero-order valence-corrected chi connectivity index (χ0v) is 17.2. The van der Waals surface area contributed by atoms with E-state index in [0.717, 1.165) is 34.4 Å². The van der Waals surface area contributed by atoms with Gasteiger partial charge < -0.3 is 15.0 Å². The molecule has 2 aromatic carbocycles. The molecule has 0 saturated heterocycles. The van der Waals surface area contributed by atoms with Crippen LogP contribution in [0.3, 0.4) is 0 Å². The van der Waals surface area contributed by atoms with Crippen LogP contribution in [0.15, 0.2) is 42.5 Å². The van der Waals surface area contributed by atoms with Gasteiger partial charge in [0.05, 0.1) is 12.7 Å². The smallest absolute Gasteiger partial charge is 0.252 e. The Morgan fingerprint density at radius 3 is 2.52 bits per heavy atom. The molecule has 0 unspecified atom stereocenters. The van der Waals surface area contributed by atoms with Crippen LogP contribution in [0.5, 0.6) is 5.75 Å². The van der Waals surface area contributed by atoms with Gasteiger partial charge in [0.2, 0.25) is 0 Å². The van der Waals surface area contributed by atoms with Gasteiger partial charge in [-0.05, 0) is 79.3 Å². The molecule has 0 aliphatic rings. The molecule has 0 bridgehead atoms. The topological polar surface area (TPSA) is 41.6 Å². The van der Waals surface area contributed by atoms with Crippen LogP contribution in [-0.2, 0) is 0 Å². The second-order valence-corrected chi connectivity index (χ2v) is 7.03. The van der Waals surface area contributed by atoms with E-state index in [2.05, 4.69) is 51.9 Å². The van der Waals surface area contributed by atoms with Crippen LogP contribution < -0.4 is 15.0 Å². The largest absolute Gasteiger partial charge is 0.497 e. The Balaban J connectivity index is 1.83. The normalized spacial score (nSPS) is 10.4. The standard InChI is InChI=1S/C20H25IN2O2/c1-4-23(16-7-9-17(25-3)10-8-16)13-5-12-22-20(24)18-11-6-15(2)14-19(18)21/h6-11,14H,4-5,12-13H2,1-3H3,(H,22,24). The van der Waals surface area contributed by atoms with Crippen molar-refractivity contribution in [2.45, 2.75) is 20.3 Å². The summed E-state index contributed by atoms with van der Waals surface area (Å²) in [6.45, 7) is 6.65. The SMILES string of the molecule is CCN(CCCNC(=O)c1ccc(C)cc1I)c1ccc(OC)cc1. The van der Waals surface area contributed by atoms with Crippen molar-refractivity contribution >= 4 is 34.2 Å². The minimum absolute atomic E-state index is 0.00287. The van der Waals surface area contributed by atoms with E-state index >= 15 is 0 Å². The molecule has 0 aliphatic heterocycles. The third kappa shape index (κ3) is 5.63. The molecular formula is C20H25IN2O2. The number of amides is 1. The zero-order valence-electron chi connectivity index (χ0n) is 15.0. The first-order chi connectivity index (χ1) is 12.0. The van der Waals surface area contributed by atoms with Gasteiger partial charge in [-0.15, -0.1) is 0 Å². The van der Waals surface area contributed by atoms with Gasteiger partial charge >= 0.3 is 0 Å². The fourth-order valence-corrected chi connectivity index (χ4v) is 3.55. The van der Waals surface area contributed by atoms with Crippen molar-refractivity contribution in [3.63, 3.8) is 0 Å². The van der Waals surface area contributed by atoms with Crippen molar-refractivity contribution in [1.29, 1.82) is 0 Å². The number of nitrogens with one attached hydrogen (secondary N) is 1. The zero-order chi connectivity index (χ0) is 18.2. The van der Waals surface area contributed by atoms with Crippen LogP contribution in [0.25, 0.3) is 0 Å². The highest BCUT2D eigenvalue weighted by Crippen LogP contribution is 2.19. The van der Waals surface area contributed by atoms with Gasteiger partial charge in [0.15, 0.2) is 0 Å². The highest BCUT2D eigenvalue weighted by molar-refractivity contribution is 14.1. The third-order valence-corrected chi connectivity index (χ3v) is 4.97. The number of carbonyl (C=O) groups excluding carboxylic acids is 1. The Morgan fingerprint density at radius 1 is 1.20 bits per heavy atom. The highest BCUT2D eigenvalue weighted by Gasteiger charge is 2.10. The molecule has 0 radical (unpaired) electrons. The van der Waals surface area contributed by atoms with Crippen molar-refractivity contribution in [1.82, 2.24) is 5.32 Å². The van der Waals surface area contributed by atoms with Gasteiger partial charge in [-0.25, -0.2) is 0 Å². The molecule has 0 heterocycles. The first-order valence-corrected chi connectivity index (χ1v) is 9.56. The number of nitrogens with zero attached hydrogens (tertiary/aromatic N) is 1. The molecule has 0 atom stereocenters. The molecule has 1 amide bonds. The molecule has 2 rings (SSSR count). The number of anilines is 1. The number of halogens is 1. The Bertz CT molecular complexity index is 701. The summed E-state index contributed by atoms with van der Waals surface area (Å²) in [4.78, 5) is 14.6. The van der Waals surface area contributed by atoms with Crippen LogP contribution in [0.4, 0.5) is 5.69 Å². The maximum atomic E-state index is 12.3. The Morgan fingerprint density at radius 2 is 1.92 bits per heavy atom. The van der Waals surface area contributed by atoms with E-state index in [-0.39, 0.29) is 5.91 Å². The van der Waals surface area contributed by atoms with Crippen LogP contribution in [0.1, 0.15) is 29.3 Å². The lowest BCUT2D eigenvalue weighted by Crippen LogP contribution is -2.30. The quantitative estimate of drug-likeness (QED) is 0.481. The second-order valence-electron chi connectivity index (χ2n) is 5.87. The van der Waals surface area contributed by atoms with Gasteiger partial charge in [0.1, 0.15) is 5.75 Å². The number of carbonyl (C=O) groups is 1. The van der Waals surface area contributed by atoms with E-state index in [1.807, 2.05) is 37.3 Å². The Labute approximate surface area is 163 Å². The van der Waals surface area contributed by atoms with Crippen molar-refractivity contribution < 1.29 is 9.53 Å². The van der Waals surface area contributed by atoms with Crippen LogP contribution >= 0.6 is 22.6 Å². The summed E-state index contributed by atoms with van der Waals surface area (Å²) in [5, 5.41) is 3.02. The first kappa shape index (κ1) is 19.6. The second kappa shape index (κ2) is 9.65. The molecule has 2 aromatic rings. The number of methoxy groups -OCH3 is 1. The molecule has 0 fully saturated rings. The van der Waals surface area contributed by atoms with E-state index in [1.165, 1.54) is 11.3 Å². The van der Waals surface area contributed by atoms with Crippen molar-refractivity contribution in [2.75, 3.05) is 31.6 Å². The van der Waals surface area contributed by atoms with Gasteiger partial charge in [0.25, 0.3) is 5.91 Å². The van der Waals surface area contributed by atoms with E-state index < -0.39 is 0 Å². The maximum Gasteiger partial charge on any atom is 0.252 e. The number of benzene rings is 2. The lowest BCUT2D eigenvalue weighted by molar-refractivity contribution is 0.0952. The fraction of sp³-hybridized carbons (Fsp3) is 0.350. The summed E-state index contributed by atoms with van der Waals surface area (Å²) in [5.74, 6) is 0.858. The molecule has 0 aromatic heterocycles. The molecule has 0 aliphatic carbocycles. The molecule has 0 spiro atoms. The lowest BCUT2D eigenvalue weighted by Gasteiger charge is -2.23. The van der Waals surface area contributed by atoms with Gasteiger partial charge in [-0.3, -0.25) is 4.79 Å². The lowest BCUT2D eigenvalue weighted by atomic mass is 10.1. The summed E-state index contributed by atoms with van der Waals surface area (Å²) < 4.78 is 6.19. The summed E-state index contributed by atoms with van der Waals surface area (Å²) in [6, 6.07) is 14.0. The molecule has 1 N–H and O–H groups in total. The van der Waals surface area contributed by atoms with Gasteiger partial charge in [-0.2, -0.15) is 0 Å². The third-order valence-electron chi connectivity index (χ3n) is 4.08. The monoisotopic (exact) mass is 452 g/mol. The number of hydrogen-bond acceptors (Lipinski definition) is 3. The minimum atomic E-state index is -0.00287. The van der Waals surface area contributed by atoms with Crippen LogP contribution in [0, 0.1) is 10.5 Å². The van der Waals surface area contributed by atoms with Crippen LogP contribution in [-0.4, -0.2) is 32.7 Å². The fourth-order valence-electron chi connectivity index (χ4n) is 2.63. The van der Waals surface area contributed by atoms with Crippen molar-refractivity contribution in [2.24, 2.45) is 0 Å². The molecule has 0 saturated carbocycles. The van der Waals surface area contributed by atoms with Crippen LogP contribution in [0.2, 0.25) is 0 Å². The van der Waals surface area contributed by atoms with Crippen molar-refractivity contribution in [3.05, 3.63) is 57.2 Å². The predicted octanol–water partition coefficient (Wildman–Crippen LogP) is 4.25. The van der Waals surface area contributed by atoms with Gasteiger partial charge in [-0.1, -0.05) is 11.6 Å². The van der Waals surface area contributed by atoms with E-state index in [1.54, 1.807) is 7.11 Å². The summed E-state index contributed by atoms with van der Waals surface area (Å²) >= 11 is 2.21. The van der Waals surface area contributed by atoms with Gasteiger partial charge in [0, 0.05) is 28.9 Å². The molecule has 5 heteroatoms. The number of hydrogen-bond donors (Lipinski definition) is 1. The molecule has 4 nitrogen and oxygen atoms in total. The Hall–Kier alpha value is -1.76. The first-order valence-electron chi connectivity index (χ1n) is 8.48. The van der Waals surface area contributed by atoms with E-state index in [0.29, 0.717) is 6.54 Å². The van der Waals surface area contributed by atoms with Crippen molar-refractivity contribution in [3.8, 4) is 5.75 Å². The summed E-state index contributed by atoms with van der Waals surface area (Å²) in [6.07, 6.45) is 0.897. The van der Waals surface area contributed by atoms with E-state index in [9.17, 15) is 4.79 Å². The number of ether oxygens (including phenoxy) is 1. The average Bonchev–Trinajstić information content (AvgIpc) is 2.62. The van der Waals surface area contributed by atoms with E-state index in [4.69, 9.17) is 4.74 Å². The number of aryl methyl sites for hydroxylation is 1. The predicted molar refractivity (Wildman–Crippen MR) is 112 cm³/mol. The number of rotatable bonds is 8. The molecule has 134 valence electrons. The average molecular weight is 452 g/mol. The minimum Gasteiger partial charge on any atom is -0.497 e. The molecular weight excluding hydrogens is 427 g/mol.